The lowest BCUT2D eigenvalue weighted by Crippen LogP contribution is -2.31. The minimum Gasteiger partial charge on any atom is -0.497 e. The third kappa shape index (κ3) is 16.0. The quantitative estimate of drug-likeness (QED) is 0.0504. The van der Waals surface area contributed by atoms with Crippen molar-refractivity contribution in [3.8, 4) is 34.8 Å². The number of hydrogen-bond donors (Lipinski definition) is 0. The summed E-state index contributed by atoms with van der Waals surface area (Å²) in [6.07, 6.45) is -0.924. The lowest BCUT2D eigenvalue weighted by Gasteiger charge is -2.23. The van der Waals surface area contributed by atoms with Gasteiger partial charge in [-0.05, 0) is 70.8 Å². The Morgan fingerprint density at radius 3 is 0.984 bits per heavy atom. The van der Waals surface area contributed by atoms with E-state index in [0.717, 1.165) is 45.3 Å². The van der Waals surface area contributed by atoms with Gasteiger partial charge < -0.3 is 47.4 Å². The topological polar surface area (TPSA) is 146 Å². The molecule has 15 heteroatoms. The summed E-state index contributed by atoms with van der Waals surface area (Å²) in [5.41, 5.74) is 3.73. The van der Waals surface area contributed by atoms with Crippen molar-refractivity contribution in [1.82, 2.24) is 14.8 Å². The molecule has 5 aromatic rings. The Hall–Kier alpha value is -6.71. The molecule has 0 saturated carbocycles. The van der Waals surface area contributed by atoms with Crippen LogP contribution in [0.1, 0.15) is 22.3 Å². The second-order valence-electron chi connectivity index (χ2n) is 13.6. The van der Waals surface area contributed by atoms with Crippen LogP contribution in [0, 0.1) is 0 Å². The first-order valence-electron chi connectivity index (χ1n) is 20.1. The number of benzene rings is 4. The van der Waals surface area contributed by atoms with Crippen molar-refractivity contribution >= 4 is 12.2 Å². The molecule has 0 radical (unpaired) electrons. The average molecular weight is 854 g/mol. The fourth-order valence-corrected chi connectivity index (χ4v) is 5.90. The Bertz CT molecular complexity index is 1810. The van der Waals surface area contributed by atoms with E-state index in [1.807, 2.05) is 97.1 Å². The molecule has 330 valence electrons. The van der Waals surface area contributed by atoms with E-state index in [1.165, 1.54) is 0 Å². The Kier molecular flexibility index (Phi) is 19.3. The number of carbonyl (C=O) groups excluding carboxylic acids is 2. The lowest BCUT2D eigenvalue weighted by molar-refractivity contribution is 0.0410. The van der Waals surface area contributed by atoms with Gasteiger partial charge in [-0.3, -0.25) is 9.80 Å². The fraction of sp³-hybridized carbons (Fsp3) is 0.340. The van der Waals surface area contributed by atoms with Crippen molar-refractivity contribution in [2.45, 2.75) is 26.2 Å². The maximum atomic E-state index is 13.1. The first-order valence-corrected chi connectivity index (χ1v) is 20.1. The van der Waals surface area contributed by atoms with Crippen LogP contribution in [0.5, 0.6) is 34.8 Å². The predicted octanol–water partition coefficient (Wildman–Crippen LogP) is 7.58. The van der Waals surface area contributed by atoms with Crippen LogP contribution in [0.25, 0.3) is 0 Å². The monoisotopic (exact) mass is 853 g/mol. The summed E-state index contributed by atoms with van der Waals surface area (Å²) in [4.78, 5) is 33.9. The van der Waals surface area contributed by atoms with Gasteiger partial charge in [-0.2, -0.15) is 4.98 Å². The maximum absolute atomic E-state index is 13.1. The average Bonchev–Trinajstić information content (AvgIpc) is 3.31. The second kappa shape index (κ2) is 25.8. The predicted molar refractivity (Wildman–Crippen MR) is 230 cm³/mol. The number of pyridine rings is 1. The first-order chi connectivity index (χ1) is 30.3. The number of aromatic nitrogens is 1. The summed E-state index contributed by atoms with van der Waals surface area (Å²) in [5.74, 6) is 3.68. The SMILES string of the molecule is COc1ccc(CN(Cc2ccc(OC)cc2)C(=O)OCCOCCOc2cccc(OCCOCCOC(=O)N(Cc3ccc(OC)cc3)Cc3ccc(OC)cc3)n2)cc1. The van der Waals surface area contributed by atoms with E-state index >= 15 is 0 Å². The summed E-state index contributed by atoms with van der Waals surface area (Å²) in [7, 11) is 6.44. The highest BCUT2D eigenvalue weighted by molar-refractivity contribution is 5.68. The Morgan fingerprint density at radius 1 is 0.403 bits per heavy atom. The van der Waals surface area contributed by atoms with Crippen LogP contribution in [0.15, 0.2) is 115 Å². The van der Waals surface area contributed by atoms with Crippen molar-refractivity contribution in [2.75, 3.05) is 81.3 Å². The molecule has 0 atom stereocenters. The van der Waals surface area contributed by atoms with E-state index in [4.69, 9.17) is 47.4 Å². The molecule has 1 heterocycles. The van der Waals surface area contributed by atoms with Crippen molar-refractivity contribution in [2.24, 2.45) is 0 Å². The number of methoxy groups -OCH3 is 4. The Morgan fingerprint density at radius 2 is 0.694 bits per heavy atom. The molecule has 0 N–H and O–H groups in total. The van der Waals surface area contributed by atoms with Gasteiger partial charge in [-0.1, -0.05) is 54.6 Å². The van der Waals surface area contributed by atoms with Gasteiger partial charge in [0.1, 0.15) is 49.4 Å². The van der Waals surface area contributed by atoms with Crippen LogP contribution in [0.3, 0.4) is 0 Å². The lowest BCUT2D eigenvalue weighted by atomic mass is 10.1. The molecule has 15 nitrogen and oxygen atoms in total. The number of nitrogens with zero attached hydrogens (tertiary/aromatic N) is 3. The molecular formula is C47H55N3O12. The van der Waals surface area contributed by atoms with Crippen LogP contribution in [-0.4, -0.2) is 108 Å². The van der Waals surface area contributed by atoms with Gasteiger partial charge in [0.25, 0.3) is 0 Å². The van der Waals surface area contributed by atoms with E-state index < -0.39 is 12.2 Å². The number of amides is 2. The van der Waals surface area contributed by atoms with Crippen molar-refractivity contribution < 1.29 is 57.0 Å². The highest BCUT2D eigenvalue weighted by atomic mass is 16.6. The Labute approximate surface area is 362 Å². The van der Waals surface area contributed by atoms with Gasteiger partial charge in [-0.15, -0.1) is 0 Å². The van der Waals surface area contributed by atoms with E-state index in [0.29, 0.717) is 37.9 Å². The molecule has 2 amide bonds. The highest BCUT2D eigenvalue weighted by Gasteiger charge is 2.18. The zero-order valence-electron chi connectivity index (χ0n) is 35.7. The number of hydrogen-bond acceptors (Lipinski definition) is 13. The smallest absolute Gasteiger partial charge is 0.410 e. The van der Waals surface area contributed by atoms with Gasteiger partial charge in [0, 0.05) is 38.3 Å². The normalized spacial score (nSPS) is 10.6. The Balaban J connectivity index is 0.958. The van der Waals surface area contributed by atoms with Gasteiger partial charge in [0.15, 0.2) is 0 Å². The molecule has 0 aliphatic heterocycles. The van der Waals surface area contributed by atoms with E-state index in [9.17, 15) is 9.59 Å². The summed E-state index contributed by atoms with van der Waals surface area (Å²) in [6.45, 7) is 2.88. The summed E-state index contributed by atoms with van der Waals surface area (Å²) in [6, 6.07) is 35.4. The molecule has 0 unspecified atom stereocenters. The largest absolute Gasteiger partial charge is 0.497 e. The molecule has 0 bridgehead atoms. The summed E-state index contributed by atoms with van der Waals surface area (Å²) >= 11 is 0. The third-order valence-electron chi connectivity index (χ3n) is 9.21. The van der Waals surface area contributed by atoms with Crippen LogP contribution >= 0.6 is 0 Å². The highest BCUT2D eigenvalue weighted by Crippen LogP contribution is 2.20. The van der Waals surface area contributed by atoms with E-state index in [-0.39, 0.29) is 52.9 Å². The molecule has 0 aliphatic rings. The molecule has 1 aromatic heterocycles. The van der Waals surface area contributed by atoms with Crippen LogP contribution in [0.2, 0.25) is 0 Å². The number of ether oxygens (including phenoxy) is 10. The van der Waals surface area contributed by atoms with Crippen LogP contribution < -0.4 is 28.4 Å². The molecule has 0 spiro atoms. The zero-order valence-corrected chi connectivity index (χ0v) is 35.7. The minimum absolute atomic E-state index is 0.0697. The maximum Gasteiger partial charge on any atom is 0.410 e. The van der Waals surface area contributed by atoms with E-state index in [2.05, 4.69) is 4.98 Å². The van der Waals surface area contributed by atoms with E-state index in [1.54, 1.807) is 56.4 Å². The molecule has 0 aliphatic carbocycles. The minimum atomic E-state index is -0.462. The zero-order chi connectivity index (χ0) is 43.8. The van der Waals surface area contributed by atoms with Crippen LogP contribution in [0.4, 0.5) is 9.59 Å². The third-order valence-corrected chi connectivity index (χ3v) is 9.21. The van der Waals surface area contributed by atoms with Crippen molar-refractivity contribution in [3.05, 3.63) is 138 Å². The first kappa shape index (κ1) is 46.4. The summed E-state index contributed by atoms with van der Waals surface area (Å²) in [5, 5.41) is 0. The van der Waals surface area contributed by atoms with Crippen LogP contribution in [-0.2, 0) is 45.1 Å². The van der Waals surface area contributed by atoms with Gasteiger partial charge in [0.2, 0.25) is 11.8 Å². The standard InChI is InChI=1S/C47H55N3O12/c1-53-40-16-8-36(9-17-40)32-49(33-37-10-18-41(54-2)19-11-37)46(51)61-30-26-57-24-28-59-44-6-5-7-45(48-44)60-29-25-58-27-31-62-47(52)50(34-38-12-20-42(55-3)21-13-38)35-39-14-22-43(56-4)23-15-39/h5-23H,24-35H2,1-4H3. The molecule has 62 heavy (non-hydrogen) atoms. The van der Waals surface area contributed by atoms with Crippen molar-refractivity contribution in [3.63, 3.8) is 0 Å². The molecule has 5 rings (SSSR count). The molecule has 4 aromatic carbocycles. The van der Waals surface area contributed by atoms with Gasteiger partial charge in [0.05, 0.1) is 54.9 Å². The number of carbonyl (C=O) groups is 2. The second-order valence-corrected chi connectivity index (χ2v) is 13.6. The molecular weight excluding hydrogens is 799 g/mol. The molecule has 0 saturated heterocycles. The fourth-order valence-electron chi connectivity index (χ4n) is 5.90. The van der Waals surface area contributed by atoms with Gasteiger partial charge >= 0.3 is 12.2 Å². The number of rotatable bonds is 26. The van der Waals surface area contributed by atoms with Crippen molar-refractivity contribution in [1.29, 1.82) is 0 Å². The van der Waals surface area contributed by atoms with Gasteiger partial charge in [-0.25, -0.2) is 9.59 Å². The molecule has 0 fully saturated rings. The summed E-state index contributed by atoms with van der Waals surface area (Å²) < 4.78 is 54.9.